The smallest absolute Gasteiger partial charge is 0.435 e. The van der Waals surface area contributed by atoms with E-state index >= 15 is 0 Å². The fourth-order valence-electron chi connectivity index (χ4n) is 2.79. The van der Waals surface area contributed by atoms with Crippen LogP contribution in [0.15, 0.2) is 36.2 Å². The molecule has 0 amide bonds. The minimum absolute atomic E-state index is 0.0750. The molecule has 136 valence electrons. The van der Waals surface area contributed by atoms with Crippen LogP contribution in [0.25, 0.3) is 22.9 Å². The third kappa shape index (κ3) is 2.96. The average molecular weight is 364 g/mol. The molecule has 3 aromatic rings. The molecule has 0 aliphatic rings. The van der Waals surface area contributed by atoms with Crippen LogP contribution in [0.4, 0.5) is 13.2 Å². The molecule has 0 aliphatic heterocycles. The van der Waals surface area contributed by atoms with Gasteiger partial charge in [0, 0.05) is 30.4 Å². The van der Waals surface area contributed by atoms with E-state index in [0.717, 1.165) is 16.1 Å². The van der Waals surface area contributed by atoms with E-state index in [0.29, 0.717) is 5.65 Å². The van der Waals surface area contributed by atoms with Gasteiger partial charge in [0.05, 0.1) is 5.56 Å². The summed E-state index contributed by atoms with van der Waals surface area (Å²) in [5.41, 5.74) is -1.14. The highest BCUT2D eigenvalue weighted by Crippen LogP contribution is 2.36. The van der Waals surface area contributed by atoms with Crippen molar-refractivity contribution in [3.05, 3.63) is 47.4 Å². The number of carboxylic acids is 1. The first kappa shape index (κ1) is 17.7. The first-order valence-corrected chi connectivity index (χ1v) is 7.74. The molecule has 0 saturated carbocycles. The first-order valence-electron chi connectivity index (χ1n) is 7.74. The van der Waals surface area contributed by atoms with E-state index in [-0.39, 0.29) is 23.4 Å². The molecule has 0 saturated heterocycles. The zero-order valence-electron chi connectivity index (χ0n) is 13.9. The Bertz CT molecular complexity index is 1010. The Morgan fingerprint density at radius 2 is 2.08 bits per heavy atom. The van der Waals surface area contributed by atoms with Gasteiger partial charge in [-0.15, -0.1) is 0 Å². The van der Waals surface area contributed by atoms with Gasteiger partial charge in [-0.1, -0.05) is 6.92 Å². The van der Waals surface area contributed by atoms with E-state index in [9.17, 15) is 23.1 Å². The monoisotopic (exact) mass is 364 g/mol. The van der Waals surface area contributed by atoms with Crippen LogP contribution in [-0.2, 0) is 18.0 Å². The second kappa shape index (κ2) is 6.32. The maximum absolute atomic E-state index is 13.5. The summed E-state index contributed by atoms with van der Waals surface area (Å²) < 4.78 is 43.0. The lowest BCUT2D eigenvalue weighted by molar-refractivity contribution is -0.141. The van der Waals surface area contributed by atoms with Gasteiger partial charge in [-0.25, -0.2) is 9.78 Å². The van der Waals surface area contributed by atoms with E-state index in [2.05, 4.69) is 10.1 Å². The summed E-state index contributed by atoms with van der Waals surface area (Å²) in [7, 11) is 1.38. The quantitative estimate of drug-likeness (QED) is 0.717. The molecule has 0 radical (unpaired) electrons. The molecule has 9 heteroatoms. The maximum atomic E-state index is 13.5. The molecule has 0 spiro atoms. The first-order chi connectivity index (χ1) is 12.2. The molecule has 0 fully saturated rings. The van der Waals surface area contributed by atoms with Crippen LogP contribution >= 0.6 is 0 Å². The topological polar surface area (TPSA) is 72.9 Å². The van der Waals surface area contributed by atoms with Crippen molar-refractivity contribution in [3.63, 3.8) is 0 Å². The number of aliphatic carboxylic acids is 1. The highest BCUT2D eigenvalue weighted by Gasteiger charge is 2.39. The van der Waals surface area contributed by atoms with Crippen molar-refractivity contribution in [2.75, 3.05) is 0 Å². The Kier molecular flexibility index (Phi) is 4.31. The molecule has 0 aromatic carbocycles. The molecule has 3 heterocycles. The highest BCUT2D eigenvalue weighted by molar-refractivity contribution is 5.93. The third-order valence-electron chi connectivity index (χ3n) is 3.97. The third-order valence-corrected chi connectivity index (χ3v) is 3.97. The van der Waals surface area contributed by atoms with E-state index in [1.165, 1.54) is 17.8 Å². The number of carbonyl (C=O) groups is 1. The Morgan fingerprint density at radius 3 is 2.69 bits per heavy atom. The van der Waals surface area contributed by atoms with Crippen molar-refractivity contribution >= 4 is 23.1 Å². The summed E-state index contributed by atoms with van der Waals surface area (Å²) in [6.45, 7) is 1.57. The summed E-state index contributed by atoms with van der Waals surface area (Å²) in [6, 6.07) is 5.22. The number of hydrogen-bond acceptors (Lipinski definition) is 3. The van der Waals surface area contributed by atoms with Crippen molar-refractivity contribution in [2.45, 2.75) is 19.5 Å². The van der Waals surface area contributed by atoms with Crippen molar-refractivity contribution < 1.29 is 23.1 Å². The summed E-state index contributed by atoms with van der Waals surface area (Å²) >= 11 is 0. The molecule has 1 N–H and O–H groups in total. The van der Waals surface area contributed by atoms with Crippen molar-refractivity contribution in [1.82, 2.24) is 19.3 Å². The number of aromatic nitrogens is 4. The number of fused-ring (bicyclic) bond motifs is 1. The van der Waals surface area contributed by atoms with E-state index in [1.807, 2.05) is 0 Å². The molecule has 3 rings (SSSR count). The SMILES string of the molecule is CCC(=Cc1c(C(F)(F)F)nn(C)c1-n1ccc2cccnc21)C(=O)O. The highest BCUT2D eigenvalue weighted by atomic mass is 19.4. The second-order valence-electron chi connectivity index (χ2n) is 5.64. The number of alkyl halides is 3. The van der Waals surface area contributed by atoms with Gasteiger partial charge in [0.1, 0.15) is 11.5 Å². The number of carboxylic acid groups (broad SMARTS) is 1. The van der Waals surface area contributed by atoms with Crippen LogP contribution in [0.3, 0.4) is 0 Å². The lowest BCUT2D eigenvalue weighted by atomic mass is 10.1. The molecular formula is C17H15F3N4O2. The fraction of sp³-hybridized carbons (Fsp3) is 0.235. The van der Waals surface area contributed by atoms with Crippen LogP contribution in [0, 0.1) is 0 Å². The fourth-order valence-corrected chi connectivity index (χ4v) is 2.79. The maximum Gasteiger partial charge on any atom is 0.435 e. The minimum atomic E-state index is -4.73. The summed E-state index contributed by atoms with van der Waals surface area (Å²) in [6.07, 6.45) is -0.508. The van der Waals surface area contributed by atoms with E-state index in [1.54, 1.807) is 31.3 Å². The Morgan fingerprint density at radius 1 is 1.35 bits per heavy atom. The Labute approximate surface area is 146 Å². The number of nitrogens with zero attached hydrogens (tertiary/aromatic N) is 4. The number of rotatable bonds is 4. The van der Waals surface area contributed by atoms with Crippen LogP contribution in [0.5, 0.6) is 0 Å². The molecule has 6 nitrogen and oxygen atoms in total. The van der Waals surface area contributed by atoms with E-state index < -0.39 is 17.8 Å². The van der Waals surface area contributed by atoms with E-state index in [4.69, 9.17) is 0 Å². The van der Waals surface area contributed by atoms with Crippen LogP contribution in [-0.4, -0.2) is 30.4 Å². The number of hydrogen-bond donors (Lipinski definition) is 1. The summed E-state index contributed by atoms with van der Waals surface area (Å²) in [4.78, 5) is 15.5. The van der Waals surface area contributed by atoms with Gasteiger partial charge < -0.3 is 5.11 Å². The summed E-state index contributed by atoms with van der Waals surface area (Å²) in [5, 5.41) is 13.6. The van der Waals surface area contributed by atoms with Gasteiger partial charge in [-0.2, -0.15) is 18.3 Å². The molecule has 0 atom stereocenters. The molecule has 26 heavy (non-hydrogen) atoms. The Hall–Kier alpha value is -3.10. The normalized spacial score (nSPS) is 12.7. The van der Waals surface area contributed by atoms with Gasteiger partial charge in [-0.05, 0) is 30.7 Å². The largest absolute Gasteiger partial charge is 0.478 e. The summed E-state index contributed by atoms with van der Waals surface area (Å²) in [5.74, 6) is -1.18. The molecule has 0 unspecified atom stereocenters. The van der Waals surface area contributed by atoms with Gasteiger partial charge >= 0.3 is 12.1 Å². The van der Waals surface area contributed by atoms with Crippen molar-refractivity contribution in [3.8, 4) is 5.82 Å². The van der Waals surface area contributed by atoms with Crippen molar-refractivity contribution in [2.24, 2.45) is 7.05 Å². The van der Waals surface area contributed by atoms with Crippen LogP contribution in [0.2, 0.25) is 0 Å². The number of aryl methyl sites for hydroxylation is 1. The predicted molar refractivity (Wildman–Crippen MR) is 88.7 cm³/mol. The van der Waals surface area contributed by atoms with Crippen molar-refractivity contribution in [1.29, 1.82) is 0 Å². The predicted octanol–water partition coefficient (Wildman–Crippen LogP) is 3.66. The molecule has 3 aromatic heterocycles. The Balaban J connectivity index is 2.35. The van der Waals surface area contributed by atoms with Gasteiger partial charge in [0.2, 0.25) is 0 Å². The number of halogens is 3. The molecular weight excluding hydrogens is 349 g/mol. The second-order valence-corrected chi connectivity index (χ2v) is 5.64. The van der Waals surface area contributed by atoms with Crippen LogP contribution < -0.4 is 0 Å². The minimum Gasteiger partial charge on any atom is -0.478 e. The number of pyridine rings is 1. The average Bonchev–Trinajstić information content (AvgIpc) is 3.12. The van der Waals surface area contributed by atoms with Gasteiger partial charge in [0.25, 0.3) is 0 Å². The van der Waals surface area contributed by atoms with Gasteiger partial charge in [-0.3, -0.25) is 9.25 Å². The zero-order chi connectivity index (χ0) is 19.1. The lowest BCUT2D eigenvalue weighted by Gasteiger charge is -2.09. The molecule has 0 bridgehead atoms. The zero-order valence-corrected chi connectivity index (χ0v) is 13.9. The van der Waals surface area contributed by atoms with Gasteiger partial charge in [0.15, 0.2) is 5.69 Å². The molecule has 0 aliphatic carbocycles. The van der Waals surface area contributed by atoms with Crippen LogP contribution in [0.1, 0.15) is 24.6 Å². The standard InChI is InChI=1S/C17H15F3N4O2/c1-3-10(16(25)26)9-12-13(17(18,19)20)22-23(2)15(12)24-8-6-11-5-4-7-21-14(11)24/h4-9H,3H2,1-2H3,(H,25,26). The lowest BCUT2D eigenvalue weighted by Crippen LogP contribution is -2.09.